The van der Waals surface area contributed by atoms with Crippen molar-refractivity contribution in [2.24, 2.45) is 0 Å². The van der Waals surface area contributed by atoms with Gasteiger partial charge in [0.05, 0.1) is 6.04 Å². The Kier molecular flexibility index (Phi) is 4.56. The van der Waals surface area contributed by atoms with Crippen molar-refractivity contribution < 1.29 is 4.79 Å². The van der Waals surface area contributed by atoms with Crippen LogP contribution in [-0.4, -0.2) is 22.5 Å². The standard InChI is InChI=1S/C20H25N3O/c1-20(2,3)16-6-8-17(9-7-16)22-19(24)23-14-4-5-18(23)15-10-12-21-13-11-15/h6-13,18H,4-5,14H2,1-3H3,(H,22,24). The number of rotatable bonds is 2. The highest BCUT2D eigenvalue weighted by molar-refractivity contribution is 5.89. The van der Waals surface area contributed by atoms with E-state index in [-0.39, 0.29) is 17.5 Å². The normalized spacial score (nSPS) is 17.8. The molecule has 0 saturated carbocycles. The number of carbonyl (C=O) groups is 1. The van der Waals surface area contributed by atoms with Crippen molar-refractivity contribution in [3.05, 3.63) is 59.9 Å². The fraction of sp³-hybridized carbons (Fsp3) is 0.400. The second kappa shape index (κ2) is 6.63. The molecule has 0 radical (unpaired) electrons. The van der Waals surface area contributed by atoms with Crippen molar-refractivity contribution in [3.63, 3.8) is 0 Å². The number of likely N-dealkylation sites (tertiary alicyclic amines) is 1. The predicted octanol–water partition coefficient (Wildman–Crippen LogP) is 4.75. The van der Waals surface area contributed by atoms with Crippen molar-refractivity contribution in [2.75, 3.05) is 11.9 Å². The molecule has 1 unspecified atom stereocenters. The molecule has 4 nitrogen and oxygen atoms in total. The molecule has 0 bridgehead atoms. The molecule has 1 atom stereocenters. The van der Waals surface area contributed by atoms with Crippen molar-refractivity contribution >= 4 is 11.7 Å². The van der Waals surface area contributed by atoms with Crippen LogP contribution in [0.15, 0.2) is 48.8 Å². The Morgan fingerprint density at radius 1 is 1.12 bits per heavy atom. The molecule has 1 fully saturated rings. The van der Waals surface area contributed by atoms with Crippen LogP contribution >= 0.6 is 0 Å². The Morgan fingerprint density at radius 2 is 1.79 bits per heavy atom. The first kappa shape index (κ1) is 16.5. The molecule has 1 N–H and O–H groups in total. The number of hydrogen-bond acceptors (Lipinski definition) is 2. The molecule has 2 heterocycles. The highest BCUT2D eigenvalue weighted by atomic mass is 16.2. The summed E-state index contributed by atoms with van der Waals surface area (Å²) >= 11 is 0. The van der Waals surface area contributed by atoms with Crippen molar-refractivity contribution in [2.45, 2.75) is 45.1 Å². The molecule has 1 saturated heterocycles. The average Bonchev–Trinajstić information content (AvgIpc) is 3.05. The number of nitrogens with one attached hydrogen (secondary N) is 1. The third-order valence-corrected chi connectivity index (χ3v) is 4.61. The molecule has 0 aliphatic carbocycles. The van der Waals surface area contributed by atoms with Gasteiger partial charge in [-0.25, -0.2) is 4.79 Å². The van der Waals surface area contributed by atoms with E-state index in [1.807, 2.05) is 29.2 Å². The van der Waals surface area contributed by atoms with E-state index in [1.165, 1.54) is 5.56 Å². The first-order chi connectivity index (χ1) is 11.4. The molecular weight excluding hydrogens is 298 g/mol. The molecule has 3 rings (SSSR count). The smallest absolute Gasteiger partial charge is 0.317 e. The van der Waals surface area contributed by atoms with E-state index in [2.05, 4.69) is 43.2 Å². The van der Waals surface area contributed by atoms with Crippen LogP contribution in [0, 0.1) is 0 Å². The predicted molar refractivity (Wildman–Crippen MR) is 97.1 cm³/mol. The monoisotopic (exact) mass is 323 g/mol. The number of nitrogens with zero attached hydrogens (tertiary/aromatic N) is 2. The zero-order valence-electron chi connectivity index (χ0n) is 14.6. The lowest BCUT2D eigenvalue weighted by molar-refractivity contribution is 0.207. The van der Waals surface area contributed by atoms with E-state index in [4.69, 9.17) is 0 Å². The molecule has 2 aromatic rings. The van der Waals surface area contributed by atoms with Gasteiger partial charge in [-0.15, -0.1) is 0 Å². The molecule has 1 aliphatic rings. The lowest BCUT2D eigenvalue weighted by Gasteiger charge is -2.25. The zero-order valence-corrected chi connectivity index (χ0v) is 14.6. The van der Waals surface area contributed by atoms with Gasteiger partial charge in [0, 0.05) is 24.6 Å². The van der Waals surface area contributed by atoms with Crippen LogP contribution in [0.3, 0.4) is 0 Å². The molecule has 24 heavy (non-hydrogen) atoms. The maximum Gasteiger partial charge on any atom is 0.322 e. The Bertz CT molecular complexity index is 689. The number of amides is 2. The molecule has 0 spiro atoms. The minimum atomic E-state index is -0.0298. The molecule has 1 aromatic heterocycles. The minimum absolute atomic E-state index is 0.0298. The summed E-state index contributed by atoms with van der Waals surface area (Å²) in [5.41, 5.74) is 3.37. The summed E-state index contributed by atoms with van der Waals surface area (Å²) in [4.78, 5) is 18.7. The Morgan fingerprint density at radius 3 is 2.42 bits per heavy atom. The quantitative estimate of drug-likeness (QED) is 0.867. The molecule has 126 valence electrons. The lowest BCUT2D eigenvalue weighted by atomic mass is 9.87. The van der Waals surface area contributed by atoms with Gasteiger partial charge in [-0.1, -0.05) is 32.9 Å². The van der Waals surface area contributed by atoms with E-state index in [1.54, 1.807) is 12.4 Å². The van der Waals surface area contributed by atoms with E-state index >= 15 is 0 Å². The van der Waals surface area contributed by atoms with Gasteiger partial charge in [0.15, 0.2) is 0 Å². The van der Waals surface area contributed by atoms with Gasteiger partial charge in [-0.3, -0.25) is 4.98 Å². The highest BCUT2D eigenvalue weighted by Gasteiger charge is 2.30. The van der Waals surface area contributed by atoms with Gasteiger partial charge in [0.25, 0.3) is 0 Å². The van der Waals surface area contributed by atoms with Crippen molar-refractivity contribution in [1.29, 1.82) is 0 Å². The molecule has 2 amide bonds. The summed E-state index contributed by atoms with van der Waals surface area (Å²) in [6.45, 7) is 7.34. The Labute approximate surface area is 143 Å². The van der Waals surface area contributed by atoms with Crippen LogP contribution in [0.4, 0.5) is 10.5 Å². The number of pyridine rings is 1. The summed E-state index contributed by atoms with van der Waals surface area (Å²) in [6.07, 6.45) is 5.60. The van der Waals surface area contributed by atoms with Gasteiger partial charge < -0.3 is 10.2 Å². The number of benzene rings is 1. The van der Waals surface area contributed by atoms with E-state index in [0.29, 0.717) is 0 Å². The van der Waals surface area contributed by atoms with Gasteiger partial charge in [0.2, 0.25) is 0 Å². The van der Waals surface area contributed by atoms with Crippen LogP contribution in [-0.2, 0) is 5.41 Å². The first-order valence-electron chi connectivity index (χ1n) is 8.53. The second-order valence-electron chi connectivity index (χ2n) is 7.39. The van der Waals surface area contributed by atoms with Crippen LogP contribution in [0.1, 0.15) is 50.8 Å². The van der Waals surface area contributed by atoms with Crippen LogP contribution in [0.25, 0.3) is 0 Å². The first-order valence-corrected chi connectivity index (χ1v) is 8.53. The maximum atomic E-state index is 12.7. The number of urea groups is 1. The van der Waals surface area contributed by atoms with Gasteiger partial charge in [-0.05, 0) is 53.6 Å². The number of aromatic nitrogens is 1. The summed E-state index contributed by atoms with van der Waals surface area (Å²) < 4.78 is 0. The van der Waals surface area contributed by atoms with E-state index in [0.717, 1.165) is 30.6 Å². The summed E-state index contributed by atoms with van der Waals surface area (Å²) in [7, 11) is 0. The number of hydrogen-bond donors (Lipinski definition) is 1. The second-order valence-corrected chi connectivity index (χ2v) is 7.39. The summed E-state index contributed by atoms with van der Waals surface area (Å²) in [5, 5.41) is 3.03. The van der Waals surface area contributed by atoms with Gasteiger partial charge in [0.1, 0.15) is 0 Å². The zero-order chi connectivity index (χ0) is 17.2. The minimum Gasteiger partial charge on any atom is -0.317 e. The molecule has 1 aliphatic heterocycles. The Hall–Kier alpha value is -2.36. The van der Waals surface area contributed by atoms with Crippen molar-refractivity contribution in [1.82, 2.24) is 9.88 Å². The fourth-order valence-electron chi connectivity index (χ4n) is 3.19. The number of anilines is 1. The topological polar surface area (TPSA) is 45.2 Å². The maximum absolute atomic E-state index is 12.7. The summed E-state index contributed by atoms with van der Waals surface area (Å²) in [5.74, 6) is 0. The summed E-state index contributed by atoms with van der Waals surface area (Å²) in [6, 6.07) is 12.2. The van der Waals surface area contributed by atoms with Crippen LogP contribution in [0.5, 0.6) is 0 Å². The number of carbonyl (C=O) groups excluding carboxylic acids is 1. The largest absolute Gasteiger partial charge is 0.322 e. The SMILES string of the molecule is CC(C)(C)c1ccc(NC(=O)N2CCCC2c2ccncc2)cc1. The highest BCUT2D eigenvalue weighted by Crippen LogP contribution is 2.32. The van der Waals surface area contributed by atoms with E-state index < -0.39 is 0 Å². The lowest BCUT2D eigenvalue weighted by Crippen LogP contribution is -2.34. The van der Waals surface area contributed by atoms with E-state index in [9.17, 15) is 4.79 Å². The van der Waals surface area contributed by atoms with Gasteiger partial charge in [-0.2, -0.15) is 0 Å². The third-order valence-electron chi connectivity index (χ3n) is 4.61. The van der Waals surface area contributed by atoms with Gasteiger partial charge >= 0.3 is 6.03 Å². The molecule has 1 aromatic carbocycles. The molecule has 4 heteroatoms. The van der Waals surface area contributed by atoms with Crippen LogP contribution < -0.4 is 5.32 Å². The average molecular weight is 323 g/mol. The Balaban J connectivity index is 1.70. The van der Waals surface area contributed by atoms with Crippen LogP contribution in [0.2, 0.25) is 0 Å². The molecular formula is C20H25N3O. The van der Waals surface area contributed by atoms with Crippen molar-refractivity contribution in [3.8, 4) is 0 Å². The third kappa shape index (κ3) is 3.58. The fourth-order valence-corrected chi connectivity index (χ4v) is 3.19.